The minimum absolute atomic E-state index is 0.570. The molecule has 1 aromatic carbocycles. The molecule has 0 N–H and O–H groups in total. The third-order valence-electron chi connectivity index (χ3n) is 4.58. The molecule has 0 saturated heterocycles. The molecule has 1 aliphatic rings. The van der Waals surface area contributed by atoms with Crippen LogP contribution in [0, 0.1) is 5.92 Å². The van der Waals surface area contributed by atoms with Crippen molar-refractivity contribution < 1.29 is 0 Å². The fourth-order valence-electron chi connectivity index (χ4n) is 3.19. The maximum Gasteiger partial charge on any atom is 0.113 e. The van der Waals surface area contributed by atoms with E-state index in [2.05, 4.69) is 54.6 Å². The maximum absolute atomic E-state index is 4.34. The van der Waals surface area contributed by atoms with Crippen LogP contribution < -0.4 is 0 Å². The highest BCUT2D eigenvalue weighted by Crippen LogP contribution is 2.25. The van der Waals surface area contributed by atoms with Gasteiger partial charge in [0.2, 0.25) is 0 Å². The largest absolute Gasteiger partial charge is 0.252 e. The van der Waals surface area contributed by atoms with E-state index in [0.29, 0.717) is 5.92 Å². The van der Waals surface area contributed by atoms with Crippen molar-refractivity contribution in [1.29, 1.82) is 0 Å². The molecule has 0 radical (unpaired) electrons. The average molecular weight is 283 g/mol. The number of nitrogens with zero attached hydrogens (tertiary/aromatic N) is 3. The highest BCUT2D eigenvalue weighted by atomic mass is 15.4. The van der Waals surface area contributed by atoms with Crippen molar-refractivity contribution >= 4 is 0 Å². The molecule has 3 heteroatoms. The summed E-state index contributed by atoms with van der Waals surface area (Å²) in [6.07, 6.45) is 8.95. The van der Waals surface area contributed by atoms with Crippen molar-refractivity contribution in [2.75, 3.05) is 0 Å². The van der Waals surface area contributed by atoms with Gasteiger partial charge in [0.25, 0.3) is 0 Å². The van der Waals surface area contributed by atoms with Gasteiger partial charge in [-0.3, -0.25) is 4.68 Å². The monoisotopic (exact) mass is 283 g/mol. The predicted octanol–water partition coefficient (Wildman–Crippen LogP) is 4.65. The first-order chi connectivity index (χ1) is 10.2. The lowest BCUT2D eigenvalue weighted by Crippen LogP contribution is -2.14. The molecule has 1 fully saturated rings. The maximum atomic E-state index is 4.34. The van der Waals surface area contributed by atoms with Crippen LogP contribution in [0.25, 0.3) is 11.3 Å². The molecule has 21 heavy (non-hydrogen) atoms. The topological polar surface area (TPSA) is 30.7 Å². The third-order valence-corrected chi connectivity index (χ3v) is 4.58. The zero-order chi connectivity index (χ0) is 14.7. The van der Waals surface area contributed by atoms with E-state index >= 15 is 0 Å². The molecule has 3 nitrogen and oxygen atoms in total. The van der Waals surface area contributed by atoms with Crippen LogP contribution in [0.1, 0.15) is 57.4 Å². The van der Waals surface area contributed by atoms with Gasteiger partial charge >= 0.3 is 0 Å². The molecule has 3 rings (SSSR count). The SMILES string of the molecule is CC(C)c1ccc(-c2cn(CC3CCCCC3)nn2)cc1. The van der Waals surface area contributed by atoms with E-state index in [9.17, 15) is 0 Å². The summed E-state index contributed by atoms with van der Waals surface area (Å²) in [5.74, 6) is 1.36. The highest BCUT2D eigenvalue weighted by Gasteiger charge is 2.15. The second-order valence-electron chi connectivity index (χ2n) is 6.61. The summed E-state index contributed by atoms with van der Waals surface area (Å²) in [7, 11) is 0. The van der Waals surface area contributed by atoms with E-state index in [1.54, 1.807) is 0 Å². The quantitative estimate of drug-likeness (QED) is 0.817. The lowest BCUT2D eigenvalue weighted by molar-refractivity contribution is 0.305. The Bertz CT molecular complexity index is 562. The summed E-state index contributed by atoms with van der Waals surface area (Å²) in [4.78, 5) is 0. The van der Waals surface area contributed by atoms with E-state index in [4.69, 9.17) is 0 Å². The predicted molar refractivity (Wildman–Crippen MR) is 86.1 cm³/mol. The summed E-state index contributed by atoms with van der Waals surface area (Å²) < 4.78 is 2.03. The normalized spacial score (nSPS) is 16.5. The Morgan fingerprint density at radius 3 is 2.48 bits per heavy atom. The lowest BCUT2D eigenvalue weighted by Gasteiger charge is -2.20. The van der Waals surface area contributed by atoms with Crippen LogP contribution in [0.4, 0.5) is 0 Å². The van der Waals surface area contributed by atoms with Crippen LogP contribution in [0.5, 0.6) is 0 Å². The van der Waals surface area contributed by atoms with E-state index < -0.39 is 0 Å². The fourth-order valence-corrected chi connectivity index (χ4v) is 3.19. The van der Waals surface area contributed by atoms with Crippen LogP contribution in [0.2, 0.25) is 0 Å². The molecule has 1 heterocycles. The summed E-state index contributed by atoms with van der Waals surface area (Å²) in [6, 6.07) is 8.70. The number of hydrogen-bond acceptors (Lipinski definition) is 2. The smallest absolute Gasteiger partial charge is 0.113 e. The van der Waals surface area contributed by atoms with Crippen molar-refractivity contribution in [2.45, 2.75) is 58.4 Å². The summed E-state index contributed by atoms with van der Waals surface area (Å²) >= 11 is 0. The van der Waals surface area contributed by atoms with Gasteiger partial charge in [0.15, 0.2) is 0 Å². The fraction of sp³-hybridized carbons (Fsp3) is 0.556. The molecule has 1 aromatic heterocycles. The Morgan fingerprint density at radius 1 is 1.10 bits per heavy atom. The lowest BCUT2D eigenvalue weighted by atomic mass is 9.89. The molecule has 1 aliphatic carbocycles. The van der Waals surface area contributed by atoms with Gasteiger partial charge in [-0.2, -0.15) is 0 Å². The second kappa shape index (κ2) is 6.42. The summed E-state index contributed by atoms with van der Waals surface area (Å²) in [5.41, 5.74) is 3.52. The molecule has 0 aliphatic heterocycles. The summed E-state index contributed by atoms with van der Waals surface area (Å²) in [6.45, 7) is 5.46. The minimum atomic E-state index is 0.570. The van der Waals surface area contributed by atoms with Crippen LogP contribution in [0.3, 0.4) is 0 Å². The first-order valence-corrected chi connectivity index (χ1v) is 8.23. The highest BCUT2D eigenvalue weighted by molar-refractivity contribution is 5.58. The zero-order valence-electron chi connectivity index (χ0n) is 13.1. The van der Waals surface area contributed by atoms with E-state index in [1.807, 2.05) is 4.68 Å². The van der Waals surface area contributed by atoms with Crippen molar-refractivity contribution in [2.24, 2.45) is 5.92 Å². The van der Waals surface area contributed by atoms with Gasteiger partial charge < -0.3 is 0 Å². The Labute approximate surface area is 127 Å². The van der Waals surface area contributed by atoms with Crippen LogP contribution in [-0.4, -0.2) is 15.0 Å². The van der Waals surface area contributed by atoms with Gasteiger partial charge in [0.05, 0.1) is 6.20 Å². The van der Waals surface area contributed by atoms with Gasteiger partial charge in [0.1, 0.15) is 5.69 Å². The van der Waals surface area contributed by atoms with Crippen molar-refractivity contribution in [3.05, 3.63) is 36.0 Å². The van der Waals surface area contributed by atoms with Crippen LogP contribution in [-0.2, 0) is 6.54 Å². The second-order valence-corrected chi connectivity index (χ2v) is 6.61. The van der Waals surface area contributed by atoms with Crippen molar-refractivity contribution in [3.8, 4) is 11.3 Å². The van der Waals surface area contributed by atoms with Crippen LogP contribution in [0.15, 0.2) is 30.5 Å². The minimum Gasteiger partial charge on any atom is -0.252 e. The first-order valence-electron chi connectivity index (χ1n) is 8.23. The standard InChI is InChI=1S/C18H25N3/c1-14(2)16-8-10-17(11-9-16)18-13-21(20-19-18)12-15-6-4-3-5-7-15/h8-11,13-15H,3-7,12H2,1-2H3. The first kappa shape index (κ1) is 14.3. The number of hydrogen-bond donors (Lipinski definition) is 0. The molecule has 0 unspecified atom stereocenters. The van der Waals surface area contributed by atoms with Crippen molar-refractivity contribution in [1.82, 2.24) is 15.0 Å². The molecular formula is C18H25N3. The third kappa shape index (κ3) is 3.52. The Hall–Kier alpha value is -1.64. The molecule has 0 amide bonds. The Kier molecular flexibility index (Phi) is 4.37. The van der Waals surface area contributed by atoms with E-state index in [-0.39, 0.29) is 0 Å². The van der Waals surface area contributed by atoms with Gasteiger partial charge in [-0.1, -0.05) is 62.6 Å². The Balaban J connectivity index is 1.69. The molecule has 112 valence electrons. The molecule has 0 atom stereocenters. The molecule has 2 aromatic rings. The van der Waals surface area contributed by atoms with Gasteiger partial charge in [-0.05, 0) is 30.2 Å². The number of aromatic nitrogens is 3. The van der Waals surface area contributed by atoms with E-state index in [1.165, 1.54) is 37.7 Å². The zero-order valence-corrected chi connectivity index (χ0v) is 13.1. The van der Waals surface area contributed by atoms with E-state index in [0.717, 1.165) is 23.7 Å². The average Bonchev–Trinajstić information content (AvgIpc) is 2.97. The van der Waals surface area contributed by atoms with Crippen LogP contribution >= 0.6 is 0 Å². The molecule has 0 bridgehead atoms. The summed E-state index contributed by atoms with van der Waals surface area (Å²) in [5, 5.41) is 8.65. The van der Waals surface area contributed by atoms with Gasteiger partial charge in [0, 0.05) is 12.1 Å². The van der Waals surface area contributed by atoms with Gasteiger partial charge in [-0.25, -0.2) is 0 Å². The molecule has 1 saturated carbocycles. The van der Waals surface area contributed by atoms with Crippen molar-refractivity contribution in [3.63, 3.8) is 0 Å². The number of rotatable bonds is 4. The number of benzene rings is 1. The molecule has 0 spiro atoms. The Morgan fingerprint density at radius 2 is 1.81 bits per heavy atom. The van der Waals surface area contributed by atoms with Gasteiger partial charge in [-0.15, -0.1) is 5.10 Å². The molecular weight excluding hydrogens is 258 g/mol.